The Bertz CT molecular complexity index is 708. The number of benzene rings is 1. The minimum Gasteiger partial charge on any atom is -0.497 e. The second kappa shape index (κ2) is 4.89. The van der Waals surface area contributed by atoms with Gasteiger partial charge in [0.05, 0.1) is 13.3 Å². The minimum absolute atomic E-state index is 0.707. The Morgan fingerprint density at radius 1 is 1.21 bits per heavy atom. The Hall–Kier alpha value is -2.08. The maximum atomic E-state index is 5.13. The molecule has 3 rings (SSSR count). The van der Waals surface area contributed by atoms with Crippen molar-refractivity contribution in [3.63, 3.8) is 0 Å². The van der Waals surface area contributed by atoms with Crippen LogP contribution in [0.1, 0.15) is 0 Å². The number of imidazole rings is 1. The predicted octanol–water partition coefficient (Wildman–Crippen LogP) is 3.24. The Labute approximate surface area is 118 Å². The van der Waals surface area contributed by atoms with Gasteiger partial charge in [-0.2, -0.15) is 0 Å². The van der Waals surface area contributed by atoms with Crippen molar-refractivity contribution in [2.45, 2.75) is 0 Å². The van der Waals surface area contributed by atoms with Crippen molar-refractivity contribution in [2.75, 3.05) is 12.4 Å². The highest BCUT2D eigenvalue weighted by Gasteiger charge is 2.07. The van der Waals surface area contributed by atoms with Gasteiger partial charge in [0, 0.05) is 18.1 Å². The molecule has 0 saturated heterocycles. The highest BCUT2D eigenvalue weighted by molar-refractivity contribution is 9.10. The summed E-state index contributed by atoms with van der Waals surface area (Å²) < 4.78 is 7.93. The molecule has 2 heterocycles. The zero-order chi connectivity index (χ0) is 13.2. The highest BCUT2D eigenvalue weighted by atomic mass is 79.9. The Balaban J connectivity index is 1.96. The molecule has 0 spiro atoms. The number of hydrogen-bond acceptors (Lipinski definition) is 4. The fraction of sp³-hybridized carbons (Fsp3) is 0.0769. The third kappa shape index (κ3) is 2.26. The van der Waals surface area contributed by atoms with Crippen molar-refractivity contribution in [3.8, 4) is 5.75 Å². The van der Waals surface area contributed by atoms with Crippen molar-refractivity contribution < 1.29 is 4.74 Å². The third-order valence-electron chi connectivity index (χ3n) is 2.74. The molecule has 6 heteroatoms. The molecule has 1 N–H and O–H groups in total. The fourth-order valence-electron chi connectivity index (χ4n) is 1.79. The molecular formula is C13H11BrN4O. The summed E-state index contributed by atoms with van der Waals surface area (Å²) in [6.45, 7) is 0. The minimum atomic E-state index is 0.707. The quantitative estimate of drug-likeness (QED) is 0.805. The number of anilines is 2. The van der Waals surface area contributed by atoms with Crippen LogP contribution in [0.15, 0.2) is 47.5 Å². The average Bonchev–Trinajstić information content (AvgIpc) is 2.83. The molecule has 3 aromatic rings. The second-order valence-electron chi connectivity index (χ2n) is 3.90. The van der Waals surface area contributed by atoms with Gasteiger partial charge < -0.3 is 10.1 Å². The van der Waals surface area contributed by atoms with Crippen LogP contribution in [0.2, 0.25) is 0 Å². The van der Waals surface area contributed by atoms with Crippen LogP contribution in [-0.2, 0) is 0 Å². The van der Waals surface area contributed by atoms with Crippen molar-refractivity contribution in [2.24, 2.45) is 0 Å². The lowest BCUT2D eigenvalue weighted by Gasteiger charge is -2.07. The van der Waals surface area contributed by atoms with Gasteiger partial charge in [0.15, 0.2) is 11.5 Å². The van der Waals surface area contributed by atoms with Crippen LogP contribution in [0.3, 0.4) is 0 Å². The first-order valence-corrected chi connectivity index (χ1v) is 6.46. The Morgan fingerprint density at radius 2 is 2.00 bits per heavy atom. The van der Waals surface area contributed by atoms with Gasteiger partial charge >= 0.3 is 0 Å². The molecule has 0 bridgehead atoms. The molecular weight excluding hydrogens is 308 g/mol. The summed E-state index contributed by atoms with van der Waals surface area (Å²) in [5, 5.41) is 3.24. The molecule has 19 heavy (non-hydrogen) atoms. The molecule has 0 unspecified atom stereocenters. The van der Waals surface area contributed by atoms with Gasteiger partial charge in [0.25, 0.3) is 0 Å². The van der Waals surface area contributed by atoms with Crippen LogP contribution in [0.5, 0.6) is 5.75 Å². The molecule has 5 nitrogen and oxygen atoms in total. The van der Waals surface area contributed by atoms with E-state index in [4.69, 9.17) is 4.74 Å². The van der Waals surface area contributed by atoms with E-state index in [0.29, 0.717) is 5.82 Å². The number of nitrogens with zero attached hydrogens (tertiary/aromatic N) is 3. The first-order chi connectivity index (χ1) is 9.28. The van der Waals surface area contributed by atoms with Crippen molar-refractivity contribution in [1.29, 1.82) is 0 Å². The molecule has 0 amide bonds. The van der Waals surface area contributed by atoms with Crippen molar-refractivity contribution in [1.82, 2.24) is 14.4 Å². The molecule has 0 atom stereocenters. The molecule has 2 aromatic heterocycles. The molecule has 0 aliphatic carbocycles. The summed E-state index contributed by atoms with van der Waals surface area (Å²) in [5.74, 6) is 1.53. The van der Waals surface area contributed by atoms with E-state index in [-0.39, 0.29) is 0 Å². The van der Waals surface area contributed by atoms with Crippen LogP contribution in [0, 0.1) is 0 Å². The monoisotopic (exact) mass is 318 g/mol. The summed E-state index contributed by atoms with van der Waals surface area (Å²) >= 11 is 3.43. The van der Waals surface area contributed by atoms with Crippen LogP contribution in [0.4, 0.5) is 11.5 Å². The number of rotatable bonds is 3. The van der Waals surface area contributed by atoms with E-state index >= 15 is 0 Å². The van der Waals surface area contributed by atoms with Gasteiger partial charge in [-0.25, -0.2) is 9.97 Å². The van der Waals surface area contributed by atoms with E-state index < -0.39 is 0 Å². The number of hydrogen-bond donors (Lipinski definition) is 1. The number of nitrogens with one attached hydrogen (secondary N) is 1. The van der Waals surface area contributed by atoms with Crippen molar-refractivity contribution >= 4 is 33.1 Å². The normalized spacial score (nSPS) is 10.6. The molecule has 0 radical (unpaired) electrons. The van der Waals surface area contributed by atoms with E-state index in [0.717, 1.165) is 21.7 Å². The van der Waals surface area contributed by atoms with Gasteiger partial charge in [0.2, 0.25) is 0 Å². The topological polar surface area (TPSA) is 51.5 Å². The number of fused-ring (bicyclic) bond motifs is 1. The first-order valence-electron chi connectivity index (χ1n) is 5.66. The van der Waals surface area contributed by atoms with Gasteiger partial charge in [-0.3, -0.25) is 4.40 Å². The second-order valence-corrected chi connectivity index (χ2v) is 4.72. The van der Waals surface area contributed by atoms with Gasteiger partial charge in [-0.1, -0.05) is 0 Å². The average molecular weight is 319 g/mol. The van der Waals surface area contributed by atoms with E-state index in [1.807, 2.05) is 34.9 Å². The largest absolute Gasteiger partial charge is 0.497 e. The number of aromatic nitrogens is 3. The summed E-state index contributed by atoms with van der Waals surface area (Å²) in [5.41, 5.74) is 1.70. The molecule has 0 aliphatic rings. The highest BCUT2D eigenvalue weighted by Crippen LogP contribution is 2.22. The van der Waals surface area contributed by atoms with Crippen LogP contribution in [0.25, 0.3) is 5.65 Å². The van der Waals surface area contributed by atoms with Gasteiger partial charge in [-0.05, 0) is 40.2 Å². The molecule has 96 valence electrons. The maximum absolute atomic E-state index is 5.13. The fourth-order valence-corrected chi connectivity index (χ4v) is 2.18. The summed E-state index contributed by atoms with van der Waals surface area (Å²) in [6.07, 6.45) is 5.33. The van der Waals surface area contributed by atoms with Crippen LogP contribution >= 0.6 is 15.9 Å². The maximum Gasteiger partial charge on any atom is 0.181 e. The summed E-state index contributed by atoms with van der Waals surface area (Å²) in [4.78, 5) is 8.63. The number of methoxy groups -OCH3 is 1. The molecule has 1 aromatic carbocycles. The number of halogens is 1. The smallest absolute Gasteiger partial charge is 0.181 e. The predicted molar refractivity (Wildman–Crippen MR) is 77.0 cm³/mol. The number of ether oxygens (including phenoxy) is 1. The summed E-state index contributed by atoms with van der Waals surface area (Å²) in [6, 6.07) is 7.65. The van der Waals surface area contributed by atoms with Gasteiger partial charge in [-0.15, -0.1) is 0 Å². The molecule has 0 fully saturated rings. The Morgan fingerprint density at radius 3 is 2.74 bits per heavy atom. The summed E-state index contributed by atoms with van der Waals surface area (Å²) in [7, 11) is 1.65. The zero-order valence-corrected chi connectivity index (χ0v) is 11.8. The Kier molecular flexibility index (Phi) is 3.08. The van der Waals surface area contributed by atoms with Gasteiger partial charge in [0.1, 0.15) is 10.4 Å². The van der Waals surface area contributed by atoms with Crippen LogP contribution < -0.4 is 10.1 Å². The van der Waals surface area contributed by atoms with Crippen LogP contribution in [-0.4, -0.2) is 21.5 Å². The third-order valence-corrected chi connectivity index (χ3v) is 3.32. The SMILES string of the molecule is COc1ccc(Nc2nccn3c(Br)cnc23)cc1. The molecule has 0 aliphatic heterocycles. The first kappa shape index (κ1) is 12.0. The molecule has 0 saturated carbocycles. The standard InChI is InChI=1S/C13H11BrN4O/c1-19-10-4-2-9(3-5-10)17-12-13-16-8-11(14)18(13)7-6-15-12/h2-8H,1H3,(H,15,17). The lowest BCUT2D eigenvalue weighted by Crippen LogP contribution is -1.97. The lowest BCUT2D eigenvalue weighted by atomic mass is 10.3. The van der Waals surface area contributed by atoms with Crippen molar-refractivity contribution in [3.05, 3.63) is 47.5 Å². The van der Waals surface area contributed by atoms with E-state index in [9.17, 15) is 0 Å². The van der Waals surface area contributed by atoms with E-state index in [1.54, 1.807) is 19.5 Å². The lowest BCUT2D eigenvalue weighted by molar-refractivity contribution is 0.415. The van der Waals surface area contributed by atoms with E-state index in [1.165, 1.54) is 0 Å². The zero-order valence-electron chi connectivity index (χ0n) is 10.2. The van der Waals surface area contributed by atoms with E-state index in [2.05, 4.69) is 31.2 Å².